The lowest BCUT2D eigenvalue weighted by Gasteiger charge is -2.31. The molecule has 16 aromatic rings. The Morgan fingerprint density at radius 1 is 0.185 bits per heavy atom. The van der Waals surface area contributed by atoms with Crippen LogP contribution in [-0.4, -0.2) is 76.5 Å². The van der Waals surface area contributed by atoms with Crippen molar-refractivity contribution in [3.8, 4) is 46.1 Å². The van der Waals surface area contributed by atoms with Crippen molar-refractivity contribution in [1.82, 2.24) is 0 Å². The Morgan fingerprint density at radius 3 is 0.653 bits per heavy atom. The Hall–Kier alpha value is -16.7. The van der Waals surface area contributed by atoms with Gasteiger partial charge in [0.15, 0.2) is 41.6 Å². The molecule has 0 radical (unpaired) electrons. The Balaban J connectivity index is 0.820. The predicted octanol–water partition coefficient (Wildman–Crippen LogP) is 15.8. The van der Waals surface area contributed by atoms with Gasteiger partial charge in [-0.25, -0.2) is 0 Å². The third kappa shape index (κ3) is 15.0. The second-order valence-electron chi connectivity index (χ2n) is 30.6. The first-order valence-electron chi connectivity index (χ1n) is 40.8. The topological polar surface area (TPSA) is 188 Å². The van der Waals surface area contributed by atoms with E-state index in [2.05, 4.69) is 0 Å². The van der Waals surface area contributed by atoms with Crippen LogP contribution in [0, 0.1) is 0 Å². The molecule has 21 rings (SSSR count). The number of aromatic nitrogens is 4. The van der Waals surface area contributed by atoms with Crippen LogP contribution in [0.2, 0.25) is 0 Å². The molecule has 0 fully saturated rings. The average molecular weight is 1610 g/mol. The molecule has 0 saturated heterocycles. The highest BCUT2D eigenvalue weighted by Crippen LogP contribution is 2.44. The molecule has 4 atom stereocenters. The quantitative estimate of drug-likeness (QED) is 0.0532. The van der Waals surface area contributed by atoms with Gasteiger partial charge in [0.25, 0.3) is 0 Å². The van der Waals surface area contributed by atoms with Crippen molar-refractivity contribution in [2.75, 3.05) is 0 Å². The number of aliphatic imine (C=N–C) groups is 8. The van der Waals surface area contributed by atoms with Gasteiger partial charge in [0.1, 0.15) is 42.0 Å². The number of nitrogens with zero attached hydrogens (tertiary/aromatic N) is 12. The SMILES string of the molecule is C(=Nc1ccccc1)c1cc(C=Nc2ccccc2)cc([B-]23Oc4cc[n+](cc4O2)[B-]2(c4cc(C=Nc5ccccc5)cc(C=Nc5ccccc5)c4)Oc4ccc[n+](c4O2)[B-]2(c4cc(C=Nc5ccccc5)cc(C=Nc5ccccc5)c4)Oc4cc[n+](cc4O2)[B-]2(c4cc(C=Nc5ccccc5)cc(C=Nc5ccccc5)c4)Oc4cc[n+]3cc4O2)c1. The summed E-state index contributed by atoms with van der Waals surface area (Å²) >= 11 is 0. The Bertz CT molecular complexity index is 6770. The first-order chi connectivity index (χ1) is 61.1. The maximum atomic E-state index is 8.06. The van der Waals surface area contributed by atoms with E-state index in [-0.39, 0.29) is 5.88 Å². The zero-order valence-corrected chi connectivity index (χ0v) is 66.5. The molecule has 4 aromatic heterocycles. The molecule has 20 nitrogen and oxygen atoms in total. The highest BCUT2D eigenvalue weighted by Gasteiger charge is 2.63. The van der Waals surface area contributed by atoms with E-state index in [4.69, 9.17) is 77.2 Å². The summed E-state index contributed by atoms with van der Waals surface area (Å²) in [5.41, 5.74) is 14.0. The highest BCUT2D eigenvalue weighted by molar-refractivity contribution is 6.78. The van der Waals surface area contributed by atoms with Crippen LogP contribution in [-0.2, 0) is 0 Å². The van der Waals surface area contributed by atoms with Crippen LogP contribution in [0.3, 0.4) is 0 Å². The highest BCUT2D eigenvalue weighted by atomic mass is 16.7. The molecule has 12 aromatic carbocycles. The lowest BCUT2D eigenvalue weighted by Crippen LogP contribution is -2.80. The van der Waals surface area contributed by atoms with Gasteiger partial charge in [-0.3, -0.25) is 39.9 Å². The van der Waals surface area contributed by atoms with Gasteiger partial charge in [0, 0.05) is 74.0 Å². The van der Waals surface area contributed by atoms with Crippen molar-refractivity contribution in [2.24, 2.45) is 39.9 Å². The van der Waals surface area contributed by atoms with Gasteiger partial charge in [-0.05, 0) is 194 Å². The Labute approximate surface area is 714 Å². The minimum atomic E-state index is -3.14. The van der Waals surface area contributed by atoms with Crippen LogP contribution < -0.4 is 77.0 Å². The molecule has 0 spiro atoms. The summed E-state index contributed by atoms with van der Waals surface area (Å²) in [5, 5.41) is 0. The molecule has 0 amide bonds. The van der Waals surface area contributed by atoms with Crippen molar-refractivity contribution in [3.05, 3.63) is 434 Å². The fraction of sp³-hybridized carbons (Fsp3) is 0. The zero-order chi connectivity index (χ0) is 82.7. The largest absolute Gasteiger partial charge is 0.688 e. The Morgan fingerprint density at radius 2 is 0.395 bits per heavy atom. The first-order valence-corrected chi connectivity index (χ1v) is 40.8. The summed E-state index contributed by atoms with van der Waals surface area (Å²) in [4.78, 5) is 40.2. The van der Waals surface area contributed by atoms with Gasteiger partial charge < -0.3 is 55.1 Å². The van der Waals surface area contributed by atoms with Crippen molar-refractivity contribution in [1.29, 1.82) is 0 Å². The molecular weight excluding hydrogens is 1540 g/mol. The van der Waals surface area contributed by atoms with Crippen LogP contribution in [0.15, 0.2) is 429 Å². The summed E-state index contributed by atoms with van der Waals surface area (Å²) in [6.07, 6.45) is 27.8. The van der Waals surface area contributed by atoms with Gasteiger partial charge in [-0.1, -0.05) is 194 Å². The summed E-state index contributed by atoms with van der Waals surface area (Å²) in [7, 11) is 0. The van der Waals surface area contributed by atoms with E-state index < -0.39 is 26.7 Å². The molecule has 5 aliphatic heterocycles. The number of pyridine rings is 4. The predicted molar refractivity (Wildman–Crippen MR) is 490 cm³/mol. The van der Waals surface area contributed by atoms with Crippen molar-refractivity contribution < 1.29 is 55.1 Å². The maximum absolute atomic E-state index is 8.06. The Kier molecular flexibility index (Phi) is 19.4. The first kappa shape index (κ1) is 74.8. The van der Waals surface area contributed by atoms with E-state index in [0.717, 1.165) is 67.8 Å². The second kappa shape index (κ2) is 32.2. The number of benzene rings is 12. The van der Waals surface area contributed by atoms with Crippen molar-refractivity contribution in [2.45, 2.75) is 0 Å². The van der Waals surface area contributed by atoms with Crippen LogP contribution in [0.5, 0.6) is 46.1 Å². The molecule has 124 heavy (non-hydrogen) atoms. The summed E-state index contributed by atoms with van der Waals surface area (Å²) in [6, 6.07) is 112. The van der Waals surface area contributed by atoms with Gasteiger partial charge in [0.05, 0.1) is 45.5 Å². The summed E-state index contributed by atoms with van der Waals surface area (Å²) < 4.78 is 70.3. The normalized spacial score (nSPS) is 18.1. The summed E-state index contributed by atoms with van der Waals surface area (Å²) in [5.74, 6) is 2.65. The third-order valence-corrected chi connectivity index (χ3v) is 22.1. The lowest BCUT2D eigenvalue weighted by molar-refractivity contribution is -0.585. The molecule has 11 bridgehead atoms. The standard InChI is InChI=1S/C100H72B4N12O8/c1-9-26-85(27-10-1)105-62-73-50-74(63-106-86-28-11-2-12-29-86)55-81(54-73)101-113-47-43-93-97(70-113)121-102(117-93,82-56-75(64-107-87-30-13-3-14-31-87)51-76(57-82)65-108-88-32-15-4-16-33-88)114-48-45-95-99(72-114)123-104(119-95,84-60-79(68-111-91-38-21-7-22-39-91)53-80(61-84)69-112-92-40-23-8-24-41-92)116-46-25-42-96-100(116)124-103(120-96,115-49-44-94(118-101)98(71-115)122-101)83-58-77(66-109-89-34-17-5-18-35-89)52-78(59-83)67-110-90-36-19-6-20-37-90/h1-72H. The maximum Gasteiger partial charge on any atom is 0.688 e. The van der Waals surface area contributed by atoms with E-state index >= 15 is 0 Å². The third-order valence-electron chi connectivity index (χ3n) is 22.1. The molecular formula is C100H72B4N12O8. The molecule has 9 heterocycles. The van der Waals surface area contributed by atoms with Crippen molar-refractivity contribution >= 4 is 144 Å². The van der Waals surface area contributed by atoms with E-state index in [1.165, 1.54) is 0 Å². The number of hydrogen-bond acceptors (Lipinski definition) is 16. The fourth-order valence-electron chi connectivity index (χ4n) is 16.3. The van der Waals surface area contributed by atoms with Gasteiger partial charge in [0.2, 0.25) is 0 Å². The summed E-state index contributed by atoms with van der Waals surface area (Å²) in [6.45, 7) is -12.2. The number of hydrogen-bond donors (Lipinski definition) is 0. The molecule has 0 saturated carbocycles. The molecule has 0 N–H and O–H groups in total. The number of fused-ring (bicyclic) bond motifs is 11. The van der Waals surface area contributed by atoms with E-state index in [9.17, 15) is 0 Å². The molecule has 24 heteroatoms. The van der Waals surface area contributed by atoms with E-state index in [1.54, 1.807) is 0 Å². The molecule has 4 unspecified atom stereocenters. The average Bonchev–Trinajstić information content (AvgIpc) is 1.54. The van der Waals surface area contributed by atoms with Crippen LogP contribution in [0.4, 0.5) is 45.5 Å². The zero-order valence-electron chi connectivity index (χ0n) is 66.5. The minimum Gasteiger partial charge on any atom is -0.616 e. The van der Waals surface area contributed by atoms with Gasteiger partial charge in [-0.2, -0.15) is 0 Å². The number of rotatable bonds is 20. The van der Waals surface area contributed by atoms with E-state index in [1.807, 2.05) is 457 Å². The lowest BCUT2D eigenvalue weighted by atomic mass is 9.62. The smallest absolute Gasteiger partial charge is 0.616 e. The van der Waals surface area contributed by atoms with Gasteiger partial charge >= 0.3 is 32.6 Å². The van der Waals surface area contributed by atoms with Crippen molar-refractivity contribution in [3.63, 3.8) is 0 Å². The second-order valence-corrected chi connectivity index (χ2v) is 30.6. The van der Waals surface area contributed by atoms with Crippen LogP contribution >= 0.6 is 0 Å². The fourth-order valence-corrected chi connectivity index (χ4v) is 16.3. The van der Waals surface area contributed by atoms with E-state index in [0.29, 0.717) is 84.4 Å². The van der Waals surface area contributed by atoms with Crippen LogP contribution in [0.1, 0.15) is 44.5 Å². The monoisotopic (exact) mass is 1610 g/mol. The van der Waals surface area contributed by atoms with Gasteiger partial charge in [-0.15, -0.1) is 0 Å². The van der Waals surface area contributed by atoms with Crippen LogP contribution in [0.25, 0.3) is 0 Å². The minimum absolute atomic E-state index is 0.231. The number of para-hydroxylation sites is 8. The molecule has 5 aliphatic rings. The molecule has 0 aliphatic carbocycles. The molecule has 592 valence electrons.